The lowest BCUT2D eigenvalue weighted by molar-refractivity contribution is 0.0603. The summed E-state index contributed by atoms with van der Waals surface area (Å²) in [6, 6.07) is 30.3. The molecule has 2 aliphatic rings. The number of benzene rings is 2. The number of ether oxygens (including phenoxy) is 1. The van der Waals surface area contributed by atoms with Crippen LogP contribution in [0.4, 0.5) is 0 Å². The number of hydrogen-bond donors (Lipinski definition) is 1. The van der Waals surface area contributed by atoms with Crippen LogP contribution < -0.4 is 0 Å². The largest absolute Gasteiger partial charge is 0.465 e. The third-order valence-electron chi connectivity index (χ3n) is 5.33. The zero-order chi connectivity index (χ0) is 19.8. The SMILES string of the molecule is COC(=O)c1c2cccccc-2c(-c2cc3ccccc3[nH]2)c1-c1ccccc1. The molecule has 29 heavy (non-hydrogen) atoms. The first-order chi connectivity index (χ1) is 14.3. The van der Waals surface area contributed by atoms with E-state index in [0.29, 0.717) is 5.56 Å². The molecule has 0 radical (unpaired) electrons. The Morgan fingerprint density at radius 2 is 1.41 bits per heavy atom. The number of para-hydroxylation sites is 1. The van der Waals surface area contributed by atoms with Gasteiger partial charge in [0.15, 0.2) is 0 Å². The molecule has 0 saturated carbocycles. The summed E-state index contributed by atoms with van der Waals surface area (Å²) in [7, 11) is 1.43. The first kappa shape index (κ1) is 17.3. The lowest BCUT2D eigenvalue weighted by atomic mass is 9.98. The molecule has 5 rings (SSSR count). The summed E-state index contributed by atoms with van der Waals surface area (Å²) >= 11 is 0. The van der Waals surface area contributed by atoms with Crippen molar-refractivity contribution in [2.24, 2.45) is 0 Å². The third-order valence-corrected chi connectivity index (χ3v) is 5.33. The maximum absolute atomic E-state index is 12.9. The number of aromatic nitrogens is 1. The maximum Gasteiger partial charge on any atom is 0.339 e. The van der Waals surface area contributed by atoms with Gasteiger partial charge in [-0.2, -0.15) is 0 Å². The van der Waals surface area contributed by atoms with Gasteiger partial charge in [-0.1, -0.05) is 78.9 Å². The van der Waals surface area contributed by atoms with Crippen LogP contribution >= 0.6 is 0 Å². The van der Waals surface area contributed by atoms with E-state index in [2.05, 4.69) is 29.2 Å². The quantitative estimate of drug-likeness (QED) is 0.370. The van der Waals surface area contributed by atoms with E-state index in [1.165, 1.54) is 7.11 Å². The first-order valence-corrected chi connectivity index (χ1v) is 9.54. The molecule has 1 aromatic heterocycles. The van der Waals surface area contributed by atoms with Crippen molar-refractivity contribution >= 4 is 16.9 Å². The van der Waals surface area contributed by atoms with Gasteiger partial charge in [-0.05, 0) is 28.8 Å². The second-order valence-electron chi connectivity index (χ2n) is 6.99. The highest BCUT2D eigenvalue weighted by molar-refractivity contribution is 6.14. The first-order valence-electron chi connectivity index (χ1n) is 9.54. The van der Waals surface area contributed by atoms with E-state index in [-0.39, 0.29) is 5.97 Å². The van der Waals surface area contributed by atoms with Crippen molar-refractivity contribution < 1.29 is 9.53 Å². The maximum atomic E-state index is 12.9. The van der Waals surface area contributed by atoms with Crippen LogP contribution in [0.15, 0.2) is 91.0 Å². The Bertz CT molecular complexity index is 1270. The molecule has 0 atom stereocenters. The molecule has 0 amide bonds. The standard InChI is InChI=1S/C26H19NO2/c1-29-26(28)25-20-14-7-3-6-13-19(20)24(23(25)17-10-4-2-5-11-17)22-16-18-12-8-9-15-21(18)27-22/h2-16,27H,1H3. The predicted octanol–water partition coefficient (Wildman–Crippen LogP) is 6.39. The topological polar surface area (TPSA) is 42.1 Å². The number of carbonyl (C=O) groups excluding carboxylic acids is 1. The molecule has 0 fully saturated rings. The Balaban J connectivity index is 1.93. The Kier molecular flexibility index (Phi) is 4.14. The van der Waals surface area contributed by atoms with Crippen LogP contribution in [0.5, 0.6) is 0 Å². The fourth-order valence-corrected chi connectivity index (χ4v) is 4.07. The van der Waals surface area contributed by atoms with E-state index >= 15 is 0 Å². The molecule has 1 heterocycles. The summed E-state index contributed by atoms with van der Waals surface area (Å²) in [6.45, 7) is 0. The molecule has 3 nitrogen and oxygen atoms in total. The van der Waals surface area contributed by atoms with Gasteiger partial charge in [-0.25, -0.2) is 4.79 Å². The molecule has 0 saturated heterocycles. The number of esters is 1. The van der Waals surface area contributed by atoms with E-state index in [1.807, 2.05) is 66.7 Å². The normalized spacial score (nSPS) is 11.1. The van der Waals surface area contributed by atoms with Crippen molar-refractivity contribution in [1.29, 1.82) is 0 Å². The molecular weight excluding hydrogens is 358 g/mol. The molecule has 0 unspecified atom stereocenters. The zero-order valence-corrected chi connectivity index (χ0v) is 16.0. The minimum Gasteiger partial charge on any atom is -0.465 e. The molecule has 3 aromatic rings. The second kappa shape index (κ2) is 6.95. The van der Waals surface area contributed by atoms with Gasteiger partial charge in [0.05, 0.1) is 12.7 Å². The monoisotopic (exact) mass is 377 g/mol. The van der Waals surface area contributed by atoms with Gasteiger partial charge in [0.2, 0.25) is 0 Å². The van der Waals surface area contributed by atoms with Crippen LogP contribution in [0.1, 0.15) is 10.4 Å². The van der Waals surface area contributed by atoms with Crippen molar-refractivity contribution in [2.75, 3.05) is 7.11 Å². The summed E-state index contributed by atoms with van der Waals surface area (Å²) in [5.41, 5.74) is 7.44. The van der Waals surface area contributed by atoms with Gasteiger partial charge >= 0.3 is 5.97 Å². The summed E-state index contributed by atoms with van der Waals surface area (Å²) in [5.74, 6) is -0.331. The van der Waals surface area contributed by atoms with Crippen molar-refractivity contribution in [3.05, 3.63) is 96.6 Å². The lowest BCUT2D eigenvalue weighted by Gasteiger charge is -2.07. The lowest BCUT2D eigenvalue weighted by Crippen LogP contribution is -2.02. The average molecular weight is 377 g/mol. The van der Waals surface area contributed by atoms with Gasteiger partial charge in [0, 0.05) is 27.7 Å². The minimum absolute atomic E-state index is 0.331. The third kappa shape index (κ3) is 2.79. The van der Waals surface area contributed by atoms with E-state index in [9.17, 15) is 4.79 Å². The molecule has 0 aliphatic heterocycles. The Morgan fingerprint density at radius 3 is 2.14 bits per heavy atom. The summed E-state index contributed by atoms with van der Waals surface area (Å²) < 4.78 is 5.20. The molecule has 0 bridgehead atoms. The van der Waals surface area contributed by atoms with E-state index in [1.54, 1.807) is 0 Å². The number of aromatic amines is 1. The van der Waals surface area contributed by atoms with Gasteiger partial charge in [0.25, 0.3) is 0 Å². The number of nitrogens with one attached hydrogen (secondary N) is 1. The molecule has 1 N–H and O–H groups in total. The Hall–Kier alpha value is -3.85. The van der Waals surface area contributed by atoms with Gasteiger partial charge in [-0.15, -0.1) is 0 Å². The highest BCUT2D eigenvalue weighted by atomic mass is 16.5. The number of fused-ring (bicyclic) bond motifs is 2. The number of hydrogen-bond acceptors (Lipinski definition) is 2. The Morgan fingerprint density at radius 1 is 0.759 bits per heavy atom. The van der Waals surface area contributed by atoms with Crippen LogP contribution in [0.25, 0.3) is 44.4 Å². The van der Waals surface area contributed by atoms with Crippen LogP contribution in [-0.2, 0) is 4.74 Å². The average Bonchev–Trinajstić information content (AvgIpc) is 3.24. The van der Waals surface area contributed by atoms with E-state index in [4.69, 9.17) is 4.74 Å². The summed E-state index contributed by atoms with van der Waals surface area (Å²) in [4.78, 5) is 16.5. The zero-order valence-electron chi connectivity index (χ0n) is 16.0. The van der Waals surface area contributed by atoms with E-state index < -0.39 is 0 Å². The summed E-state index contributed by atoms with van der Waals surface area (Å²) in [6.07, 6.45) is 0. The fraction of sp³-hybridized carbons (Fsp3) is 0.0385. The van der Waals surface area contributed by atoms with E-state index in [0.717, 1.165) is 44.4 Å². The number of rotatable bonds is 3. The van der Waals surface area contributed by atoms with Crippen LogP contribution in [0, 0.1) is 0 Å². The van der Waals surface area contributed by atoms with Crippen LogP contribution in [0.3, 0.4) is 0 Å². The number of methoxy groups -OCH3 is 1. The summed E-state index contributed by atoms with van der Waals surface area (Å²) in [5, 5.41) is 1.13. The number of carbonyl (C=O) groups is 1. The van der Waals surface area contributed by atoms with Gasteiger partial charge in [0.1, 0.15) is 0 Å². The number of H-pyrrole nitrogens is 1. The highest BCUT2D eigenvalue weighted by Gasteiger charge is 2.29. The molecular formula is C26H19NO2. The predicted molar refractivity (Wildman–Crippen MR) is 117 cm³/mol. The smallest absolute Gasteiger partial charge is 0.339 e. The van der Waals surface area contributed by atoms with Crippen LogP contribution in [-0.4, -0.2) is 18.1 Å². The molecule has 2 aliphatic carbocycles. The van der Waals surface area contributed by atoms with Gasteiger partial charge < -0.3 is 9.72 Å². The minimum atomic E-state index is -0.331. The van der Waals surface area contributed by atoms with Crippen LogP contribution in [0.2, 0.25) is 0 Å². The molecule has 2 aromatic carbocycles. The van der Waals surface area contributed by atoms with Crippen molar-refractivity contribution in [2.45, 2.75) is 0 Å². The molecule has 3 heteroatoms. The Labute approximate surface area is 168 Å². The van der Waals surface area contributed by atoms with Gasteiger partial charge in [-0.3, -0.25) is 0 Å². The van der Waals surface area contributed by atoms with Crippen molar-refractivity contribution in [3.8, 4) is 33.5 Å². The van der Waals surface area contributed by atoms with Crippen molar-refractivity contribution in [1.82, 2.24) is 4.98 Å². The molecule has 0 spiro atoms. The second-order valence-corrected chi connectivity index (χ2v) is 6.99. The highest BCUT2D eigenvalue weighted by Crippen LogP contribution is 2.48. The molecule has 140 valence electrons. The van der Waals surface area contributed by atoms with Crippen molar-refractivity contribution in [3.63, 3.8) is 0 Å². The fourth-order valence-electron chi connectivity index (χ4n) is 4.07.